The molecule has 2 heterocycles. The number of pyridine rings is 1. The fraction of sp³-hybridized carbons (Fsp3) is 0.412. The molecule has 0 aromatic carbocycles. The molecule has 2 aromatic rings. The number of primary amides is 1. The number of amides is 1. The minimum absolute atomic E-state index is 0.0549. The van der Waals surface area contributed by atoms with Gasteiger partial charge in [-0.15, -0.1) is 0 Å². The summed E-state index contributed by atoms with van der Waals surface area (Å²) in [5.41, 5.74) is 12.3. The van der Waals surface area contributed by atoms with Gasteiger partial charge in [0, 0.05) is 30.0 Å². The Morgan fingerprint density at radius 1 is 1.31 bits per heavy atom. The lowest BCUT2D eigenvalue weighted by Gasteiger charge is -2.29. The normalized spacial score (nSPS) is 19.6. The molecular formula is C17H23N7O2. The zero-order chi connectivity index (χ0) is 18.5. The van der Waals surface area contributed by atoms with Crippen molar-refractivity contribution in [3.05, 3.63) is 30.2 Å². The van der Waals surface area contributed by atoms with Crippen molar-refractivity contribution in [1.82, 2.24) is 15.0 Å². The monoisotopic (exact) mass is 357 g/mol. The van der Waals surface area contributed by atoms with Crippen LogP contribution in [0.5, 0.6) is 5.88 Å². The lowest BCUT2D eigenvalue weighted by molar-refractivity contribution is 0.0996. The standard InChI is InChI=1S/C17H23N7O2/c1-26-14-8-10(6-7-20-14)22-17-15(16(19)25)21-9-13(24-17)23-12-5-3-2-4-11(12)18/h6-9,11-12H,2-5,18H2,1H3,(H2,19,25)(H2,20,22,23,24)/t11-,12+/m0/s1. The van der Waals surface area contributed by atoms with Crippen molar-refractivity contribution >= 4 is 23.2 Å². The molecule has 1 amide bonds. The Morgan fingerprint density at radius 2 is 2.12 bits per heavy atom. The predicted octanol–water partition coefficient (Wildman–Crippen LogP) is 1.40. The highest BCUT2D eigenvalue weighted by Gasteiger charge is 2.22. The van der Waals surface area contributed by atoms with Crippen molar-refractivity contribution in [2.24, 2.45) is 11.5 Å². The van der Waals surface area contributed by atoms with Crippen LogP contribution in [0.1, 0.15) is 36.2 Å². The molecule has 0 saturated heterocycles. The maximum atomic E-state index is 11.7. The van der Waals surface area contributed by atoms with E-state index in [1.807, 2.05) is 0 Å². The summed E-state index contributed by atoms with van der Waals surface area (Å²) in [4.78, 5) is 24.4. The first-order valence-electron chi connectivity index (χ1n) is 8.53. The number of carbonyl (C=O) groups is 1. The van der Waals surface area contributed by atoms with Gasteiger partial charge >= 0.3 is 0 Å². The summed E-state index contributed by atoms with van der Waals surface area (Å²) >= 11 is 0. The molecule has 0 bridgehead atoms. The molecule has 26 heavy (non-hydrogen) atoms. The third-order valence-electron chi connectivity index (χ3n) is 4.37. The SMILES string of the molecule is COc1cc(Nc2nc(N[C@@H]3CCCC[C@@H]3N)cnc2C(N)=O)ccn1. The van der Waals surface area contributed by atoms with Crippen LogP contribution in [0.4, 0.5) is 17.3 Å². The number of nitrogens with two attached hydrogens (primary N) is 2. The summed E-state index contributed by atoms with van der Waals surface area (Å²) in [6.45, 7) is 0. The molecule has 0 radical (unpaired) electrons. The van der Waals surface area contributed by atoms with E-state index in [0.29, 0.717) is 17.4 Å². The number of hydrogen-bond acceptors (Lipinski definition) is 8. The van der Waals surface area contributed by atoms with Gasteiger partial charge in [-0.2, -0.15) is 0 Å². The molecule has 1 fully saturated rings. The van der Waals surface area contributed by atoms with Gasteiger partial charge in [-0.3, -0.25) is 4.79 Å². The number of methoxy groups -OCH3 is 1. The van der Waals surface area contributed by atoms with Crippen LogP contribution < -0.4 is 26.8 Å². The molecule has 9 heteroatoms. The predicted molar refractivity (Wildman–Crippen MR) is 98.5 cm³/mol. The van der Waals surface area contributed by atoms with Crippen LogP contribution in [0.3, 0.4) is 0 Å². The molecule has 138 valence electrons. The van der Waals surface area contributed by atoms with Crippen molar-refractivity contribution in [3.8, 4) is 5.88 Å². The molecule has 1 aliphatic rings. The second kappa shape index (κ2) is 7.96. The first kappa shape index (κ1) is 17.9. The molecule has 3 rings (SSSR count). The molecule has 0 unspecified atom stereocenters. The van der Waals surface area contributed by atoms with E-state index < -0.39 is 5.91 Å². The van der Waals surface area contributed by atoms with Gasteiger partial charge in [-0.25, -0.2) is 15.0 Å². The second-order valence-electron chi connectivity index (χ2n) is 6.23. The lowest BCUT2D eigenvalue weighted by atomic mass is 9.91. The van der Waals surface area contributed by atoms with Gasteiger partial charge in [0.15, 0.2) is 11.5 Å². The van der Waals surface area contributed by atoms with E-state index in [-0.39, 0.29) is 23.6 Å². The largest absolute Gasteiger partial charge is 0.481 e. The Morgan fingerprint density at radius 3 is 2.85 bits per heavy atom. The van der Waals surface area contributed by atoms with Gasteiger partial charge in [0.2, 0.25) is 5.88 Å². The zero-order valence-electron chi connectivity index (χ0n) is 14.6. The smallest absolute Gasteiger partial charge is 0.271 e. The Kier molecular flexibility index (Phi) is 5.47. The Hall–Kier alpha value is -2.94. The number of hydrogen-bond donors (Lipinski definition) is 4. The van der Waals surface area contributed by atoms with E-state index in [0.717, 1.165) is 25.7 Å². The van der Waals surface area contributed by atoms with Crippen LogP contribution in [0.15, 0.2) is 24.5 Å². The van der Waals surface area contributed by atoms with Gasteiger partial charge in [0.25, 0.3) is 5.91 Å². The van der Waals surface area contributed by atoms with Crippen LogP contribution >= 0.6 is 0 Å². The second-order valence-corrected chi connectivity index (χ2v) is 6.23. The molecule has 6 N–H and O–H groups in total. The van der Waals surface area contributed by atoms with Crippen LogP contribution in [0.2, 0.25) is 0 Å². The fourth-order valence-electron chi connectivity index (χ4n) is 2.99. The van der Waals surface area contributed by atoms with Crippen molar-refractivity contribution in [2.75, 3.05) is 17.7 Å². The highest BCUT2D eigenvalue weighted by Crippen LogP contribution is 2.24. The summed E-state index contributed by atoms with van der Waals surface area (Å²) < 4.78 is 5.10. The van der Waals surface area contributed by atoms with E-state index in [2.05, 4.69) is 25.6 Å². The van der Waals surface area contributed by atoms with E-state index in [1.54, 1.807) is 18.3 Å². The van der Waals surface area contributed by atoms with Gasteiger partial charge < -0.3 is 26.8 Å². The van der Waals surface area contributed by atoms with Crippen molar-refractivity contribution < 1.29 is 9.53 Å². The average molecular weight is 357 g/mol. The highest BCUT2D eigenvalue weighted by atomic mass is 16.5. The molecule has 2 aromatic heterocycles. The van der Waals surface area contributed by atoms with Crippen LogP contribution in [-0.4, -0.2) is 40.1 Å². The number of rotatable bonds is 6. The summed E-state index contributed by atoms with van der Waals surface area (Å²) in [6.07, 6.45) is 7.31. The summed E-state index contributed by atoms with van der Waals surface area (Å²) in [7, 11) is 1.53. The van der Waals surface area contributed by atoms with Gasteiger partial charge in [0.1, 0.15) is 5.82 Å². The lowest BCUT2D eigenvalue weighted by Crippen LogP contribution is -2.42. The maximum Gasteiger partial charge on any atom is 0.271 e. The third kappa shape index (κ3) is 4.17. The number of ether oxygens (including phenoxy) is 1. The van der Waals surface area contributed by atoms with Gasteiger partial charge in [-0.05, 0) is 18.9 Å². The first-order valence-corrected chi connectivity index (χ1v) is 8.53. The number of nitrogens with one attached hydrogen (secondary N) is 2. The molecule has 2 atom stereocenters. The minimum atomic E-state index is -0.665. The summed E-state index contributed by atoms with van der Waals surface area (Å²) in [5.74, 6) is 0.578. The third-order valence-corrected chi connectivity index (χ3v) is 4.37. The van der Waals surface area contributed by atoms with Gasteiger partial charge in [0.05, 0.1) is 13.3 Å². The fourth-order valence-corrected chi connectivity index (χ4v) is 2.99. The molecule has 1 saturated carbocycles. The van der Waals surface area contributed by atoms with E-state index >= 15 is 0 Å². The number of carbonyl (C=O) groups excluding carboxylic acids is 1. The number of anilines is 3. The highest BCUT2D eigenvalue weighted by molar-refractivity contribution is 5.96. The van der Waals surface area contributed by atoms with Crippen LogP contribution in [0, 0.1) is 0 Å². The molecule has 9 nitrogen and oxygen atoms in total. The first-order chi connectivity index (χ1) is 12.6. The number of aromatic nitrogens is 3. The Bertz CT molecular complexity index is 783. The Labute approximate surface area is 151 Å². The minimum Gasteiger partial charge on any atom is -0.481 e. The topological polar surface area (TPSA) is 141 Å². The quantitative estimate of drug-likeness (QED) is 0.608. The number of nitrogens with zero attached hydrogens (tertiary/aromatic N) is 3. The van der Waals surface area contributed by atoms with Crippen LogP contribution in [-0.2, 0) is 0 Å². The van der Waals surface area contributed by atoms with Crippen molar-refractivity contribution in [1.29, 1.82) is 0 Å². The zero-order valence-corrected chi connectivity index (χ0v) is 14.6. The van der Waals surface area contributed by atoms with E-state index in [1.165, 1.54) is 13.3 Å². The van der Waals surface area contributed by atoms with Crippen molar-refractivity contribution in [3.63, 3.8) is 0 Å². The van der Waals surface area contributed by atoms with Crippen molar-refractivity contribution in [2.45, 2.75) is 37.8 Å². The average Bonchev–Trinajstić information content (AvgIpc) is 2.64. The van der Waals surface area contributed by atoms with E-state index in [9.17, 15) is 4.79 Å². The summed E-state index contributed by atoms with van der Waals surface area (Å²) in [5, 5.41) is 6.37. The molecule has 0 aliphatic heterocycles. The maximum absolute atomic E-state index is 11.7. The van der Waals surface area contributed by atoms with E-state index in [4.69, 9.17) is 16.2 Å². The van der Waals surface area contributed by atoms with Crippen LogP contribution in [0.25, 0.3) is 0 Å². The Balaban J connectivity index is 1.85. The summed E-state index contributed by atoms with van der Waals surface area (Å²) in [6, 6.07) is 3.61. The molecular weight excluding hydrogens is 334 g/mol. The van der Waals surface area contributed by atoms with Gasteiger partial charge in [-0.1, -0.05) is 12.8 Å². The molecule has 1 aliphatic carbocycles. The molecule has 0 spiro atoms.